The maximum atomic E-state index is 14.0. The van der Waals surface area contributed by atoms with Crippen molar-refractivity contribution >= 4 is 41.2 Å². The average molecular weight is 683 g/mol. The predicted octanol–water partition coefficient (Wildman–Crippen LogP) is 5.29. The normalized spacial score (nSPS) is 26.4. The van der Waals surface area contributed by atoms with Crippen molar-refractivity contribution in [3.05, 3.63) is 34.9 Å². The summed E-state index contributed by atoms with van der Waals surface area (Å²) < 4.78 is 5.97. The number of hydrogen-bond donors (Lipinski definition) is 4. The molecule has 0 aromatic heterocycles. The Balaban J connectivity index is 1.13. The molecule has 11 heteroatoms. The van der Waals surface area contributed by atoms with E-state index in [0.717, 1.165) is 102 Å². The lowest BCUT2D eigenvalue weighted by Crippen LogP contribution is -2.55. The van der Waals surface area contributed by atoms with Crippen LogP contribution < -0.4 is 21.3 Å². The molecule has 1 aromatic rings. The van der Waals surface area contributed by atoms with Gasteiger partial charge >= 0.3 is 6.09 Å². The van der Waals surface area contributed by atoms with Gasteiger partial charge in [0.2, 0.25) is 17.6 Å². The molecule has 10 nitrogen and oxygen atoms in total. The van der Waals surface area contributed by atoms with Gasteiger partial charge in [0.15, 0.2) is 0 Å². The molecule has 1 heterocycles. The van der Waals surface area contributed by atoms with Crippen LogP contribution in [0.25, 0.3) is 0 Å². The number of nitrogens with one attached hydrogen (secondary N) is 4. The van der Waals surface area contributed by atoms with Crippen molar-refractivity contribution in [1.29, 1.82) is 0 Å². The Morgan fingerprint density at radius 2 is 1.67 bits per heavy atom. The van der Waals surface area contributed by atoms with E-state index in [2.05, 4.69) is 21.3 Å². The number of halogens is 1. The van der Waals surface area contributed by atoms with Crippen LogP contribution in [0.4, 0.5) is 4.79 Å². The zero-order chi connectivity index (χ0) is 33.7. The Hall–Kier alpha value is -3.14. The third kappa shape index (κ3) is 9.10. The molecular weight excluding hydrogens is 632 g/mol. The molecule has 0 bridgehead atoms. The van der Waals surface area contributed by atoms with Crippen molar-refractivity contribution in [3.8, 4) is 0 Å². The Labute approximate surface area is 288 Å². The first-order chi connectivity index (χ1) is 23.2. The third-order valence-corrected chi connectivity index (χ3v) is 11.6. The molecule has 5 aliphatic rings. The van der Waals surface area contributed by atoms with Crippen LogP contribution in [-0.2, 0) is 30.3 Å². The maximum absolute atomic E-state index is 14.0. The fraction of sp³-hybridized carbons (Fsp3) is 0.703. The Kier molecular flexibility index (Phi) is 11.3. The van der Waals surface area contributed by atoms with Gasteiger partial charge in [0.1, 0.15) is 12.1 Å². The van der Waals surface area contributed by atoms with E-state index < -0.39 is 41.7 Å². The van der Waals surface area contributed by atoms with E-state index in [-0.39, 0.29) is 41.8 Å². The van der Waals surface area contributed by atoms with Gasteiger partial charge in [0, 0.05) is 28.4 Å². The molecule has 4 saturated carbocycles. The van der Waals surface area contributed by atoms with Crippen LogP contribution in [0.15, 0.2) is 24.3 Å². The molecule has 1 aliphatic heterocycles. The molecule has 5 atom stereocenters. The minimum absolute atomic E-state index is 0.0249. The van der Waals surface area contributed by atoms with Crippen LogP contribution >= 0.6 is 11.6 Å². The summed E-state index contributed by atoms with van der Waals surface area (Å²) in [6, 6.07) is 5.59. The first kappa shape index (κ1) is 34.7. The van der Waals surface area contributed by atoms with Gasteiger partial charge in [-0.3, -0.25) is 19.2 Å². The van der Waals surface area contributed by atoms with Gasteiger partial charge < -0.3 is 26.0 Å². The summed E-state index contributed by atoms with van der Waals surface area (Å²) in [6.07, 6.45) is 14.2. The van der Waals surface area contributed by atoms with Gasteiger partial charge in [-0.05, 0) is 94.2 Å². The predicted molar refractivity (Wildman–Crippen MR) is 181 cm³/mol. The largest absolute Gasteiger partial charge is 0.446 e. The molecular formula is C37H51ClN4O6. The summed E-state index contributed by atoms with van der Waals surface area (Å²) >= 11 is 6.20. The average Bonchev–Trinajstić information content (AvgIpc) is 3.43. The lowest BCUT2D eigenvalue weighted by molar-refractivity contribution is -0.141. The number of ether oxygens (including phenoxy) is 1. The van der Waals surface area contributed by atoms with Gasteiger partial charge in [-0.25, -0.2) is 4.79 Å². The lowest BCUT2D eigenvalue weighted by atomic mass is 9.84. The minimum atomic E-state index is -1.17. The quantitative estimate of drug-likeness (QED) is 0.208. The first-order valence-electron chi connectivity index (χ1n) is 18.3. The zero-order valence-electron chi connectivity index (χ0n) is 27.9. The highest BCUT2D eigenvalue weighted by atomic mass is 35.5. The lowest BCUT2D eigenvalue weighted by Gasteiger charge is -2.29. The van der Waals surface area contributed by atoms with Gasteiger partial charge in [0.25, 0.3) is 5.91 Å². The number of amides is 4. The monoisotopic (exact) mass is 682 g/mol. The number of carbonyl (C=O) groups is 5. The summed E-state index contributed by atoms with van der Waals surface area (Å²) in [6.45, 7) is 0. The molecule has 6 rings (SSSR count). The SMILES string of the molecule is O=C(N[C@@H](CC1CCCCC1)C(=O)NC(CC1CC2(CCCC2)NC1=O)C(=O)C(=O)NC1CC1)OC1CCCC1Cc1cccc(Cl)c1. The summed E-state index contributed by atoms with van der Waals surface area (Å²) in [5, 5.41) is 12.3. The maximum Gasteiger partial charge on any atom is 0.408 e. The first-order valence-corrected chi connectivity index (χ1v) is 18.7. The van der Waals surface area contributed by atoms with Crippen LogP contribution in [0.5, 0.6) is 0 Å². The van der Waals surface area contributed by atoms with Crippen molar-refractivity contribution in [2.24, 2.45) is 17.8 Å². The second-order valence-corrected chi connectivity index (χ2v) is 15.6. The molecule has 4 N–H and O–H groups in total. The summed E-state index contributed by atoms with van der Waals surface area (Å²) in [5.41, 5.74) is 0.837. The molecule has 4 aliphatic carbocycles. The highest BCUT2D eigenvalue weighted by molar-refractivity contribution is 6.38. The number of benzene rings is 1. The molecule has 1 aromatic carbocycles. The number of alkyl carbamates (subject to hydrolysis) is 1. The molecule has 4 amide bonds. The summed E-state index contributed by atoms with van der Waals surface area (Å²) in [7, 11) is 0. The van der Waals surface area contributed by atoms with E-state index in [0.29, 0.717) is 17.9 Å². The van der Waals surface area contributed by atoms with Crippen molar-refractivity contribution in [2.75, 3.05) is 0 Å². The number of Topliss-reactive ketones (excluding diaryl/α,β-unsaturated/α-hetero) is 1. The van der Waals surface area contributed by atoms with Crippen molar-refractivity contribution < 1.29 is 28.7 Å². The second kappa shape index (κ2) is 15.6. The molecule has 48 heavy (non-hydrogen) atoms. The molecule has 262 valence electrons. The molecule has 4 unspecified atom stereocenters. The number of ketones is 1. The molecule has 5 fully saturated rings. The highest BCUT2D eigenvalue weighted by Gasteiger charge is 2.47. The van der Waals surface area contributed by atoms with E-state index in [4.69, 9.17) is 16.3 Å². The second-order valence-electron chi connectivity index (χ2n) is 15.2. The van der Waals surface area contributed by atoms with Crippen molar-refractivity contribution in [1.82, 2.24) is 21.3 Å². The topological polar surface area (TPSA) is 143 Å². The zero-order valence-corrected chi connectivity index (χ0v) is 28.7. The van der Waals surface area contributed by atoms with Crippen molar-refractivity contribution in [3.63, 3.8) is 0 Å². The van der Waals surface area contributed by atoms with Crippen LogP contribution in [0.2, 0.25) is 5.02 Å². The fourth-order valence-corrected chi connectivity index (χ4v) is 8.85. The van der Waals surface area contributed by atoms with Crippen LogP contribution in [-0.4, -0.2) is 59.4 Å². The highest BCUT2D eigenvalue weighted by Crippen LogP contribution is 2.41. The van der Waals surface area contributed by atoms with Crippen LogP contribution in [0.1, 0.15) is 115 Å². The Morgan fingerprint density at radius 3 is 2.40 bits per heavy atom. The van der Waals surface area contributed by atoms with E-state index in [1.165, 1.54) is 0 Å². The Bertz CT molecular complexity index is 1350. The smallest absolute Gasteiger partial charge is 0.408 e. The van der Waals surface area contributed by atoms with Crippen LogP contribution in [0.3, 0.4) is 0 Å². The molecule has 0 radical (unpaired) electrons. The van der Waals surface area contributed by atoms with Gasteiger partial charge in [-0.1, -0.05) is 68.7 Å². The molecule has 1 saturated heterocycles. The minimum Gasteiger partial charge on any atom is -0.446 e. The summed E-state index contributed by atoms with van der Waals surface area (Å²) in [4.78, 5) is 67.0. The van der Waals surface area contributed by atoms with E-state index in [1.807, 2.05) is 24.3 Å². The number of carbonyl (C=O) groups excluding carboxylic acids is 5. The van der Waals surface area contributed by atoms with Gasteiger partial charge in [0.05, 0.1) is 6.04 Å². The number of rotatable bonds is 13. The van der Waals surface area contributed by atoms with Crippen LogP contribution in [0, 0.1) is 17.8 Å². The van der Waals surface area contributed by atoms with Crippen molar-refractivity contribution in [2.45, 2.75) is 145 Å². The summed E-state index contributed by atoms with van der Waals surface area (Å²) in [5.74, 6) is -2.23. The fourth-order valence-electron chi connectivity index (χ4n) is 8.64. The number of hydrogen-bond acceptors (Lipinski definition) is 6. The van der Waals surface area contributed by atoms with E-state index in [1.54, 1.807) is 0 Å². The van der Waals surface area contributed by atoms with Gasteiger partial charge in [-0.2, -0.15) is 0 Å². The van der Waals surface area contributed by atoms with E-state index >= 15 is 0 Å². The third-order valence-electron chi connectivity index (χ3n) is 11.4. The van der Waals surface area contributed by atoms with Gasteiger partial charge in [-0.15, -0.1) is 0 Å². The standard InChI is InChI=1S/C37H51ClN4O6/c38-27-12-6-10-24(19-27)18-25-11-7-13-31(25)48-36(47)41-30(20-23-8-2-1-3-9-23)34(45)40-29(32(43)35(46)39-28-14-15-28)21-26-22-37(42-33(26)44)16-4-5-17-37/h6,10,12,19,23,25-26,28-31H,1-5,7-9,11,13-18,20-22H2,(H,39,46)(H,40,45)(H,41,47)(H,42,44)/t25?,26?,29?,30-,31?/m0/s1. The van der Waals surface area contributed by atoms with E-state index in [9.17, 15) is 24.0 Å². The Morgan fingerprint density at radius 1 is 0.896 bits per heavy atom. The molecule has 1 spiro atoms.